The van der Waals surface area contributed by atoms with E-state index in [0.717, 1.165) is 6.42 Å². The van der Waals surface area contributed by atoms with E-state index in [1.807, 2.05) is 6.26 Å². The highest BCUT2D eigenvalue weighted by Crippen LogP contribution is 2.21. The van der Waals surface area contributed by atoms with Gasteiger partial charge in [-0.2, -0.15) is 0 Å². The molecular weight excluding hydrogens is 236 g/mol. The summed E-state index contributed by atoms with van der Waals surface area (Å²) in [5.74, 6) is 0. The Balaban J connectivity index is 4.34. The van der Waals surface area contributed by atoms with Crippen LogP contribution in [0.2, 0.25) is 18.1 Å². The highest BCUT2D eigenvalue weighted by atomic mass is 28.4. The van der Waals surface area contributed by atoms with Gasteiger partial charge in [-0.15, -0.1) is 0 Å². The van der Waals surface area contributed by atoms with Crippen molar-refractivity contribution in [3.05, 3.63) is 35.6 Å². The minimum absolute atomic E-state index is 1.01. The van der Waals surface area contributed by atoms with Crippen LogP contribution in [0.25, 0.3) is 0 Å². The average molecular weight is 267 g/mol. The topological polar surface area (TPSA) is 9.23 Å². The summed E-state index contributed by atoms with van der Waals surface area (Å²) in [6, 6.07) is 3.60. The van der Waals surface area contributed by atoms with Crippen molar-refractivity contribution in [1.29, 1.82) is 0 Å². The first-order valence-electron chi connectivity index (χ1n) is 7.14. The van der Waals surface area contributed by atoms with Gasteiger partial charge in [-0.1, -0.05) is 44.1 Å². The molecule has 0 saturated heterocycles. The largest absolute Gasteiger partial charge is 0.549 e. The summed E-state index contributed by atoms with van der Waals surface area (Å²) in [5.41, 5.74) is 2.65. The van der Waals surface area contributed by atoms with E-state index in [-0.39, 0.29) is 0 Å². The van der Waals surface area contributed by atoms with Gasteiger partial charge in [0.1, 0.15) is 0 Å². The molecular formula is C16H30OSi. The lowest BCUT2D eigenvalue weighted by atomic mass is 10.2. The maximum atomic E-state index is 6.08. The van der Waals surface area contributed by atoms with Gasteiger partial charge < -0.3 is 4.43 Å². The lowest BCUT2D eigenvalue weighted by molar-refractivity contribution is 0.457. The van der Waals surface area contributed by atoms with E-state index >= 15 is 0 Å². The Hall–Kier alpha value is -0.763. The van der Waals surface area contributed by atoms with Gasteiger partial charge in [-0.05, 0) is 51.4 Å². The third-order valence-electron chi connectivity index (χ3n) is 3.55. The molecule has 0 saturated carbocycles. The normalized spacial score (nSPS) is 12.9. The standard InChI is InChI=1S/C16H30OSi/c1-7-18(8-2,9-3)17-14-13-16(6)12-10-11-15(4)5/h11-14H,7-10H2,1-6H3/b14-13+,16-12+. The number of allylic oxidation sites excluding steroid dienone is 5. The molecule has 0 atom stereocenters. The molecule has 0 aromatic rings. The Labute approximate surface area is 115 Å². The van der Waals surface area contributed by atoms with Crippen LogP contribution in [0.1, 0.15) is 48.0 Å². The second-order valence-electron chi connectivity index (χ2n) is 5.13. The molecule has 104 valence electrons. The summed E-state index contributed by atoms with van der Waals surface area (Å²) in [7, 11) is -1.46. The van der Waals surface area contributed by atoms with E-state index in [2.05, 4.69) is 59.8 Å². The molecule has 0 aromatic heterocycles. The second kappa shape index (κ2) is 9.20. The molecule has 0 spiro atoms. The van der Waals surface area contributed by atoms with E-state index in [1.54, 1.807) is 0 Å². The van der Waals surface area contributed by atoms with Crippen molar-refractivity contribution in [1.82, 2.24) is 0 Å². The summed E-state index contributed by atoms with van der Waals surface area (Å²) < 4.78 is 6.08. The fourth-order valence-electron chi connectivity index (χ4n) is 1.83. The van der Waals surface area contributed by atoms with Gasteiger partial charge in [0, 0.05) is 0 Å². The molecule has 18 heavy (non-hydrogen) atoms. The lowest BCUT2D eigenvalue weighted by Crippen LogP contribution is -2.33. The molecule has 0 aliphatic carbocycles. The maximum absolute atomic E-state index is 6.08. The van der Waals surface area contributed by atoms with E-state index in [9.17, 15) is 0 Å². The Kier molecular flexibility index (Phi) is 8.81. The monoisotopic (exact) mass is 266 g/mol. The average Bonchev–Trinajstić information content (AvgIpc) is 2.35. The first-order valence-corrected chi connectivity index (χ1v) is 9.67. The van der Waals surface area contributed by atoms with Crippen molar-refractivity contribution >= 4 is 8.32 Å². The maximum Gasteiger partial charge on any atom is 0.249 e. The Morgan fingerprint density at radius 1 is 0.944 bits per heavy atom. The van der Waals surface area contributed by atoms with E-state index in [0.29, 0.717) is 0 Å². The molecule has 0 unspecified atom stereocenters. The van der Waals surface area contributed by atoms with Gasteiger partial charge in [-0.25, -0.2) is 0 Å². The first kappa shape index (κ1) is 17.2. The van der Waals surface area contributed by atoms with E-state index < -0.39 is 8.32 Å². The zero-order valence-corrected chi connectivity index (χ0v) is 14.0. The van der Waals surface area contributed by atoms with Crippen molar-refractivity contribution in [2.45, 2.75) is 66.1 Å². The highest BCUT2D eigenvalue weighted by molar-refractivity contribution is 6.73. The van der Waals surface area contributed by atoms with Crippen LogP contribution >= 0.6 is 0 Å². The van der Waals surface area contributed by atoms with Crippen LogP contribution in [0.3, 0.4) is 0 Å². The van der Waals surface area contributed by atoms with Crippen molar-refractivity contribution in [3.8, 4) is 0 Å². The predicted octanol–water partition coefficient (Wildman–Crippen LogP) is 5.82. The van der Waals surface area contributed by atoms with Crippen LogP contribution in [0.5, 0.6) is 0 Å². The lowest BCUT2D eigenvalue weighted by Gasteiger charge is -2.26. The van der Waals surface area contributed by atoms with Crippen LogP contribution in [0.4, 0.5) is 0 Å². The summed E-state index contributed by atoms with van der Waals surface area (Å²) in [6.45, 7) is 13.2. The zero-order chi connectivity index (χ0) is 14.0. The van der Waals surface area contributed by atoms with Crippen LogP contribution < -0.4 is 0 Å². The second-order valence-corrected chi connectivity index (χ2v) is 9.85. The van der Waals surface area contributed by atoms with E-state index in [1.165, 1.54) is 29.3 Å². The van der Waals surface area contributed by atoms with Gasteiger partial charge in [0.15, 0.2) is 0 Å². The van der Waals surface area contributed by atoms with Crippen molar-refractivity contribution in [2.24, 2.45) is 0 Å². The predicted molar refractivity (Wildman–Crippen MR) is 85.2 cm³/mol. The van der Waals surface area contributed by atoms with Gasteiger partial charge in [-0.3, -0.25) is 0 Å². The fraction of sp³-hybridized carbons (Fsp3) is 0.625. The Morgan fingerprint density at radius 3 is 1.94 bits per heavy atom. The van der Waals surface area contributed by atoms with E-state index in [4.69, 9.17) is 4.43 Å². The van der Waals surface area contributed by atoms with Crippen LogP contribution in [-0.2, 0) is 4.43 Å². The van der Waals surface area contributed by atoms with Crippen LogP contribution in [0.15, 0.2) is 35.6 Å². The number of hydrogen-bond acceptors (Lipinski definition) is 1. The third-order valence-corrected chi connectivity index (χ3v) is 8.05. The SMILES string of the molecule is CC[Si](CC)(CC)O/C=C/C(C)=C/CC=C(C)C. The minimum Gasteiger partial charge on any atom is -0.549 e. The van der Waals surface area contributed by atoms with Crippen molar-refractivity contribution < 1.29 is 4.43 Å². The summed E-state index contributed by atoms with van der Waals surface area (Å²) in [5, 5.41) is 0. The smallest absolute Gasteiger partial charge is 0.249 e. The molecule has 0 N–H and O–H groups in total. The molecule has 0 bridgehead atoms. The molecule has 1 nitrogen and oxygen atoms in total. The highest BCUT2D eigenvalue weighted by Gasteiger charge is 2.28. The molecule has 0 heterocycles. The van der Waals surface area contributed by atoms with Crippen LogP contribution in [-0.4, -0.2) is 8.32 Å². The summed E-state index contributed by atoms with van der Waals surface area (Å²) >= 11 is 0. The Bertz CT molecular complexity index is 297. The van der Waals surface area contributed by atoms with Gasteiger partial charge in [0.05, 0.1) is 6.26 Å². The molecule has 0 fully saturated rings. The van der Waals surface area contributed by atoms with Gasteiger partial charge >= 0.3 is 0 Å². The first-order chi connectivity index (χ1) is 8.49. The quantitative estimate of drug-likeness (QED) is 0.233. The van der Waals surface area contributed by atoms with Crippen molar-refractivity contribution in [2.75, 3.05) is 0 Å². The van der Waals surface area contributed by atoms with Crippen molar-refractivity contribution in [3.63, 3.8) is 0 Å². The summed E-state index contributed by atoms with van der Waals surface area (Å²) in [4.78, 5) is 0. The molecule has 0 aromatic carbocycles. The number of hydrogen-bond donors (Lipinski definition) is 0. The van der Waals surface area contributed by atoms with Crippen LogP contribution in [0, 0.1) is 0 Å². The molecule has 0 amide bonds. The molecule has 0 radical (unpaired) electrons. The fourth-order valence-corrected chi connectivity index (χ4v) is 4.19. The Morgan fingerprint density at radius 2 is 1.50 bits per heavy atom. The number of rotatable bonds is 8. The third kappa shape index (κ3) is 6.85. The van der Waals surface area contributed by atoms with Gasteiger partial charge in [0.2, 0.25) is 8.32 Å². The van der Waals surface area contributed by atoms with Gasteiger partial charge in [0.25, 0.3) is 0 Å². The molecule has 0 aliphatic heterocycles. The minimum atomic E-state index is -1.46. The molecule has 2 heteroatoms. The summed E-state index contributed by atoms with van der Waals surface area (Å²) in [6.07, 6.45) is 9.51. The zero-order valence-electron chi connectivity index (χ0n) is 13.0. The molecule has 0 aliphatic rings. The molecule has 0 rings (SSSR count).